The number of nitrogens with zero attached hydrogens (tertiary/aromatic N) is 2. The summed E-state index contributed by atoms with van der Waals surface area (Å²) in [5.41, 5.74) is 2.93. The Morgan fingerprint density at radius 2 is 1.95 bits per heavy atom. The Bertz CT molecular complexity index is 662. The van der Waals surface area contributed by atoms with E-state index in [2.05, 4.69) is 15.3 Å². The fourth-order valence-corrected chi connectivity index (χ4v) is 2.71. The number of rotatable bonds is 4. The van der Waals surface area contributed by atoms with Gasteiger partial charge in [-0.15, -0.1) is 0 Å². The average molecular weight is 301 g/mol. The summed E-state index contributed by atoms with van der Waals surface area (Å²) in [5.74, 6) is -1.09. The molecule has 116 valence electrons. The van der Waals surface area contributed by atoms with E-state index in [1.165, 1.54) is 13.3 Å². The summed E-state index contributed by atoms with van der Waals surface area (Å²) < 4.78 is 5.15. The zero-order valence-electron chi connectivity index (χ0n) is 13.1. The van der Waals surface area contributed by atoms with Crippen LogP contribution in [0.5, 0.6) is 0 Å². The van der Waals surface area contributed by atoms with Crippen LogP contribution in [0.1, 0.15) is 39.3 Å². The predicted molar refractivity (Wildman–Crippen MR) is 80.6 cm³/mol. The molecule has 1 N–H and O–H groups in total. The monoisotopic (exact) mass is 301 g/mol. The smallest absolute Gasteiger partial charge is 0.336 e. The van der Waals surface area contributed by atoms with Crippen LogP contribution in [0.25, 0.3) is 0 Å². The second-order valence-corrected chi connectivity index (χ2v) is 5.05. The molecule has 1 aromatic rings. The molecule has 2 heterocycles. The Morgan fingerprint density at radius 1 is 1.27 bits per heavy atom. The number of hydrogen-bond acceptors (Lipinski definition) is 6. The van der Waals surface area contributed by atoms with Gasteiger partial charge in [0.25, 0.3) is 0 Å². The molecule has 1 aromatic heterocycles. The number of Topliss-reactive ketones (excluding diaryl/α,β-unsaturated/α-hetero) is 1. The van der Waals surface area contributed by atoms with Gasteiger partial charge in [-0.3, -0.25) is 4.79 Å². The van der Waals surface area contributed by atoms with Crippen molar-refractivity contribution < 1.29 is 14.3 Å². The molecule has 0 saturated heterocycles. The molecule has 2 rings (SSSR count). The van der Waals surface area contributed by atoms with Crippen LogP contribution in [-0.2, 0) is 14.3 Å². The van der Waals surface area contributed by atoms with Gasteiger partial charge in [-0.05, 0) is 33.8 Å². The van der Waals surface area contributed by atoms with E-state index in [-0.39, 0.29) is 12.4 Å². The lowest BCUT2D eigenvalue weighted by Crippen LogP contribution is -2.31. The van der Waals surface area contributed by atoms with E-state index >= 15 is 0 Å². The Kier molecular flexibility index (Phi) is 4.70. The first kappa shape index (κ1) is 15.9. The van der Waals surface area contributed by atoms with Crippen molar-refractivity contribution in [3.8, 4) is 0 Å². The molecule has 6 nitrogen and oxygen atoms in total. The Balaban J connectivity index is 2.62. The predicted octanol–water partition coefficient (Wildman–Crippen LogP) is 1.86. The highest BCUT2D eigenvalue weighted by Gasteiger charge is 2.36. The number of ketones is 1. The second kappa shape index (κ2) is 6.51. The molecule has 0 amide bonds. The minimum atomic E-state index is -0.541. The van der Waals surface area contributed by atoms with Crippen molar-refractivity contribution >= 4 is 11.8 Å². The molecule has 1 aliphatic heterocycles. The third kappa shape index (κ3) is 2.90. The van der Waals surface area contributed by atoms with Crippen molar-refractivity contribution in [1.82, 2.24) is 15.3 Å². The molecule has 1 aliphatic rings. The van der Waals surface area contributed by atoms with E-state index < -0.39 is 11.9 Å². The topological polar surface area (TPSA) is 81.2 Å². The third-order valence-electron chi connectivity index (χ3n) is 3.54. The van der Waals surface area contributed by atoms with Crippen molar-refractivity contribution in [2.75, 3.05) is 6.61 Å². The van der Waals surface area contributed by atoms with Crippen LogP contribution in [0.2, 0.25) is 0 Å². The fourth-order valence-electron chi connectivity index (χ4n) is 2.71. The lowest BCUT2D eigenvalue weighted by Gasteiger charge is -2.29. The van der Waals surface area contributed by atoms with Crippen LogP contribution in [0, 0.1) is 0 Å². The zero-order valence-corrected chi connectivity index (χ0v) is 13.1. The summed E-state index contributed by atoms with van der Waals surface area (Å²) in [7, 11) is 0. The third-order valence-corrected chi connectivity index (χ3v) is 3.54. The van der Waals surface area contributed by atoms with Gasteiger partial charge >= 0.3 is 5.97 Å². The van der Waals surface area contributed by atoms with Gasteiger partial charge in [-0.25, -0.2) is 14.8 Å². The van der Waals surface area contributed by atoms with Crippen LogP contribution in [0.3, 0.4) is 0 Å². The summed E-state index contributed by atoms with van der Waals surface area (Å²) >= 11 is 0. The van der Waals surface area contributed by atoms with E-state index in [0.29, 0.717) is 22.5 Å². The molecular formula is C16H19N3O3. The van der Waals surface area contributed by atoms with Gasteiger partial charge in [0.1, 0.15) is 6.33 Å². The number of carbonyl (C=O) groups excluding carboxylic acids is 2. The highest BCUT2D eigenvalue weighted by molar-refractivity contribution is 6.01. The highest BCUT2D eigenvalue weighted by atomic mass is 16.5. The van der Waals surface area contributed by atoms with E-state index in [9.17, 15) is 9.59 Å². The first-order chi connectivity index (χ1) is 10.5. The minimum Gasteiger partial charge on any atom is -0.463 e. The molecule has 6 heteroatoms. The quantitative estimate of drug-likeness (QED) is 0.855. The Hall–Kier alpha value is -2.50. The number of allylic oxidation sites excluding steroid dienone is 3. The summed E-state index contributed by atoms with van der Waals surface area (Å²) in [5, 5.41) is 3.09. The normalized spacial score (nSPS) is 18.1. The van der Waals surface area contributed by atoms with Crippen molar-refractivity contribution in [1.29, 1.82) is 0 Å². The standard InChI is InChI=1S/C16H19N3O3/c1-5-22-16(21)14-10(3)19-9(2)13(11(4)20)15(14)12-6-7-17-8-18-12/h6-8,15,19H,5H2,1-4H3. The molecule has 0 radical (unpaired) electrons. The number of dihydropyridines is 1. The van der Waals surface area contributed by atoms with Gasteiger partial charge in [-0.2, -0.15) is 0 Å². The second-order valence-electron chi connectivity index (χ2n) is 5.05. The van der Waals surface area contributed by atoms with E-state index in [1.54, 1.807) is 26.1 Å². The molecule has 0 aliphatic carbocycles. The number of nitrogens with one attached hydrogen (secondary N) is 1. The maximum absolute atomic E-state index is 12.4. The minimum absolute atomic E-state index is 0.108. The SMILES string of the molecule is CCOC(=O)C1=C(C)NC(C)=C(C(C)=O)C1c1ccncn1. The van der Waals surface area contributed by atoms with Gasteiger partial charge in [0.15, 0.2) is 5.78 Å². The molecule has 1 atom stereocenters. The molecule has 1 unspecified atom stereocenters. The van der Waals surface area contributed by atoms with Crippen LogP contribution in [-0.4, -0.2) is 28.3 Å². The summed E-state index contributed by atoms with van der Waals surface area (Å²) in [4.78, 5) is 32.6. The van der Waals surface area contributed by atoms with E-state index in [0.717, 1.165) is 5.70 Å². The molecule has 0 bridgehead atoms. The van der Waals surface area contributed by atoms with Crippen molar-refractivity contribution in [3.63, 3.8) is 0 Å². The fraction of sp³-hybridized carbons (Fsp3) is 0.375. The van der Waals surface area contributed by atoms with E-state index in [1.807, 2.05) is 6.92 Å². The first-order valence-electron chi connectivity index (χ1n) is 7.09. The van der Waals surface area contributed by atoms with Crippen LogP contribution in [0.4, 0.5) is 0 Å². The zero-order chi connectivity index (χ0) is 16.3. The summed E-state index contributed by atoms with van der Waals surface area (Å²) in [6.07, 6.45) is 3.00. The molecule has 22 heavy (non-hydrogen) atoms. The van der Waals surface area contributed by atoms with E-state index in [4.69, 9.17) is 4.74 Å². The largest absolute Gasteiger partial charge is 0.463 e. The molecular weight excluding hydrogens is 282 g/mol. The van der Waals surface area contributed by atoms with Gasteiger partial charge in [-0.1, -0.05) is 0 Å². The van der Waals surface area contributed by atoms with Crippen LogP contribution in [0.15, 0.2) is 41.1 Å². The summed E-state index contributed by atoms with van der Waals surface area (Å²) in [6.45, 7) is 7.11. The van der Waals surface area contributed by atoms with Crippen molar-refractivity contribution in [2.45, 2.75) is 33.6 Å². The Morgan fingerprint density at radius 3 is 2.50 bits per heavy atom. The van der Waals surface area contributed by atoms with Crippen LogP contribution < -0.4 is 5.32 Å². The lowest BCUT2D eigenvalue weighted by molar-refractivity contribution is -0.138. The van der Waals surface area contributed by atoms with Crippen molar-refractivity contribution in [3.05, 3.63) is 46.8 Å². The summed E-state index contributed by atoms with van der Waals surface area (Å²) in [6, 6.07) is 1.71. The van der Waals surface area contributed by atoms with Crippen molar-refractivity contribution in [2.24, 2.45) is 0 Å². The molecule has 0 aromatic carbocycles. The average Bonchev–Trinajstić information content (AvgIpc) is 2.47. The van der Waals surface area contributed by atoms with Gasteiger partial charge in [0, 0.05) is 23.2 Å². The molecule has 0 saturated carbocycles. The van der Waals surface area contributed by atoms with Gasteiger partial charge < -0.3 is 10.1 Å². The molecule has 0 spiro atoms. The molecule has 0 fully saturated rings. The number of ether oxygens (including phenoxy) is 1. The highest BCUT2D eigenvalue weighted by Crippen LogP contribution is 2.37. The maximum atomic E-state index is 12.4. The number of carbonyl (C=O) groups is 2. The van der Waals surface area contributed by atoms with Gasteiger partial charge in [0.05, 0.1) is 23.8 Å². The maximum Gasteiger partial charge on any atom is 0.336 e. The lowest BCUT2D eigenvalue weighted by atomic mass is 9.81. The number of hydrogen-bond donors (Lipinski definition) is 1. The number of aromatic nitrogens is 2. The Labute approximate surface area is 129 Å². The van der Waals surface area contributed by atoms with Gasteiger partial charge in [0.2, 0.25) is 0 Å². The number of esters is 1. The van der Waals surface area contributed by atoms with Crippen LogP contribution >= 0.6 is 0 Å². The first-order valence-corrected chi connectivity index (χ1v) is 7.09.